The van der Waals surface area contributed by atoms with Gasteiger partial charge in [-0.3, -0.25) is 0 Å². The van der Waals surface area contributed by atoms with E-state index in [1.807, 2.05) is 30.5 Å². The number of benzene rings is 1. The van der Waals surface area contributed by atoms with Crippen LogP contribution < -0.4 is 4.74 Å². The molecule has 0 aliphatic rings. The summed E-state index contributed by atoms with van der Waals surface area (Å²) in [6.07, 6.45) is 3.41. The topological polar surface area (TPSA) is 59.4 Å². The Kier molecular flexibility index (Phi) is 3.84. The van der Waals surface area contributed by atoms with E-state index >= 15 is 0 Å². The van der Waals surface area contributed by atoms with E-state index in [-0.39, 0.29) is 11.4 Å². The molecule has 1 aromatic heterocycles. The molecule has 0 fully saturated rings. The van der Waals surface area contributed by atoms with Gasteiger partial charge in [0, 0.05) is 17.2 Å². The highest BCUT2D eigenvalue weighted by atomic mass is 32.2. The number of aromatic nitrogens is 1. The maximum Gasteiger partial charge on any atom is 0.335 e. The maximum atomic E-state index is 10.8. The second-order valence-electron chi connectivity index (χ2n) is 3.47. The molecule has 1 aromatic carbocycles. The van der Waals surface area contributed by atoms with E-state index < -0.39 is 5.97 Å². The molecule has 0 amide bonds. The Morgan fingerprint density at radius 3 is 2.61 bits per heavy atom. The van der Waals surface area contributed by atoms with Crippen molar-refractivity contribution in [1.82, 2.24) is 4.98 Å². The average Bonchev–Trinajstić information content (AvgIpc) is 2.40. The zero-order valence-corrected chi connectivity index (χ0v) is 10.5. The van der Waals surface area contributed by atoms with Crippen LogP contribution in [-0.2, 0) is 0 Å². The number of aromatic carboxylic acids is 1. The Morgan fingerprint density at radius 2 is 2.00 bits per heavy atom. The van der Waals surface area contributed by atoms with Crippen molar-refractivity contribution in [3.05, 3.63) is 48.2 Å². The summed E-state index contributed by atoms with van der Waals surface area (Å²) >= 11 is 1.64. The molecule has 0 spiro atoms. The van der Waals surface area contributed by atoms with Crippen LogP contribution in [-0.4, -0.2) is 22.3 Å². The smallest absolute Gasteiger partial charge is 0.335 e. The van der Waals surface area contributed by atoms with Crippen LogP contribution in [0.4, 0.5) is 0 Å². The largest absolute Gasteiger partial charge is 0.478 e. The van der Waals surface area contributed by atoms with Gasteiger partial charge in [-0.1, -0.05) is 0 Å². The van der Waals surface area contributed by atoms with Gasteiger partial charge in [0.2, 0.25) is 5.88 Å². The number of hydrogen-bond acceptors (Lipinski definition) is 4. The molecule has 1 heterocycles. The first-order chi connectivity index (χ1) is 8.69. The fourth-order valence-electron chi connectivity index (χ4n) is 1.36. The molecule has 0 bridgehead atoms. The van der Waals surface area contributed by atoms with Crippen molar-refractivity contribution in [2.75, 3.05) is 6.26 Å². The third-order valence-electron chi connectivity index (χ3n) is 2.26. The first-order valence-electron chi connectivity index (χ1n) is 5.20. The Morgan fingerprint density at radius 1 is 1.28 bits per heavy atom. The molecule has 1 N–H and O–H groups in total. The summed E-state index contributed by atoms with van der Waals surface area (Å²) in [4.78, 5) is 15.9. The van der Waals surface area contributed by atoms with E-state index in [9.17, 15) is 4.79 Å². The van der Waals surface area contributed by atoms with Crippen molar-refractivity contribution < 1.29 is 14.6 Å². The van der Waals surface area contributed by atoms with Gasteiger partial charge in [0.25, 0.3) is 0 Å². The summed E-state index contributed by atoms with van der Waals surface area (Å²) < 4.78 is 5.48. The molecule has 2 rings (SSSR count). The minimum Gasteiger partial charge on any atom is -0.478 e. The highest BCUT2D eigenvalue weighted by Crippen LogP contribution is 2.23. The van der Waals surface area contributed by atoms with Crippen LogP contribution in [0.15, 0.2) is 47.5 Å². The SMILES string of the molecule is CSc1ccc(Oc2cc(C(=O)O)ccn2)cc1. The average molecular weight is 261 g/mol. The minimum absolute atomic E-state index is 0.153. The third-order valence-corrected chi connectivity index (χ3v) is 3.01. The van der Waals surface area contributed by atoms with Crippen LogP contribution in [0.5, 0.6) is 11.6 Å². The second kappa shape index (κ2) is 5.55. The van der Waals surface area contributed by atoms with Gasteiger partial charge in [-0.05, 0) is 36.6 Å². The summed E-state index contributed by atoms with van der Waals surface area (Å²) in [5.74, 6) is -0.102. The van der Waals surface area contributed by atoms with Crippen LogP contribution in [0, 0.1) is 0 Å². The van der Waals surface area contributed by atoms with Crippen molar-refractivity contribution in [3.63, 3.8) is 0 Å². The number of rotatable bonds is 4. The van der Waals surface area contributed by atoms with E-state index in [0.29, 0.717) is 5.75 Å². The molecule has 0 saturated heterocycles. The molecule has 0 aliphatic heterocycles. The molecule has 0 unspecified atom stereocenters. The molecule has 0 aliphatic carbocycles. The summed E-state index contributed by atoms with van der Waals surface area (Å²) in [6.45, 7) is 0. The van der Waals surface area contributed by atoms with E-state index in [1.165, 1.54) is 18.3 Å². The monoisotopic (exact) mass is 261 g/mol. The molecule has 18 heavy (non-hydrogen) atoms. The number of hydrogen-bond donors (Lipinski definition) is 1. The number of carboxylic acid groups (broad SMARTS) is 1. The van der Waals surface area contributed by atoms with Gasteiger partial charge in [0.05, 0.1) is 5.56 Å². The number of carboxylic acids is 1. The van der Waals surface area contributed by atoms with E-state index in [2.05, 4.69) is 4.98 Å². The maximum absolute atomic E-state index is 10.8. The van der Waals surface area contributed by atoms with Gasteiger partial charge >= 0.3 is 5.97 Å². The Balaban J connectivity index is 2.17. The molecule has 0 saturated carbocycles. The van der Waals surface area contributed by atoms with Crippen LogP contribution in [0.2, 0.25) is 0 Å². The fraction of sp³-hybridized carbons (Fsp3) is 0.0769. The van der Waals surface area contributed by atoms with Crippen molar-refractivity contribution in [1.29, 1.82) is 0 Å². The zero-order chi connectivity index (χ0) is 13.0. The molecular weight excluding hydrogens is 250 g/mol. The van der Waals surface area contributed by atoms with Gasteiger partial charge in [-0.15, -0.1) is 11.8 Å². The van der Waals surface area contributed by atoms with Crippen LogP contribution >= 0.6 is 11.8 Å². The van der Waals surface area contributed by atoms with Crippen molar-refractivity contribution in [2.45, 2.75) is 4.90 Å². The van der Waals surface area contributed by atoms with Gasteiger partial charge in [-0.25, -0.2) is 9.78 Å². The summed E-state index contributed by atoms with van der Waals surface area (Å²) in [5, 5.41) is 8.86. The van der Waals surface area contributed by atoms with E-state index in [1.54, 1.807) is 11.8 Å². The third kappa shape index (κ3) is 3.01. The fourth-order valence-corrected chi connectivity index (χ4v) is 1.77. The standard InChI is InChI=1S/C13H11NO3S/c1-18-11-4-2-10(3-5-11)17-12-8-9(13(15)16)6-7-14-12/h2-8H,1H3,(H,15,16). The normalized spacial score (nSPS) is 10.1. The Labute approximate surface area is 109 Å². The van der Waals surface area contributed by atoms with Gasteiger partial charge in [0.15, 0.2) is 0 Å². The predicted octanol–water partition coefficient (Wildman–Crippen LogP) is 3.29. The number of nitrogens with zero attached hydrogens (tertiary/aromatic N) is 1. The summed E-state index contributed by atoms with van der Waals surface area (Å²) in [5.41, 5.74) is 0.153. The first-order valence-corrected chi connectivity index (χ1v) is 6.43. The lowest BCUT2D eigenvalue weighted by atomic mass is 10.3. The van der Waals surface area contributed by atoms with Gasteiger partial charge in [0.1, 0.15) is 5.75 Å². The van der Waals surface area contributed by atoms with Crippen molar-refractivity contribution >= 4 is 17.7 Å². The van der Waals surface area contributed by atoms with Crippen LogP contribution in [0.25, 0.3) is 0 Å². The lowest BCUT2D eigenvalue weighted by Gasteiger charge is -2.05. The van der Waals surface area contributed by atoms with Crippen molar-refractivity contribution in [2.24, 2.45) is 0 Å². The lowest BCUT2D eigenvalue weighted by Crippen LogP contribution is -1.97. The molecular formula is C13H11NO3S. The predicted molar refractivity (Wildman–Crippen MR) is 69.5 cm³/mol. The van der Waals surface area contributed by atoms with Crippen molar-refractivity contribution in [3.8, 4) is 11.6 Å². The van der Waals surface area contributed by atoms with Gasteiger partial charge < -0.3 is 9.84 Å². The number of thioether (sulfide) groups is 1. The lowest BCUT2D eigenvalue weighted by molar-refractivity contribution is 0.0696. The highest BCUT2D eigenvalue weighted by Gasteiger charge is 2.05. The Hall–Kier alpha value is -2.01. The van der Waals surface area contributed by atoms with Crippen LogP contribution in [0.3, 0.4) is 0 Å². The Bertz CT molecular complexity index is 554. The van der Waals surface area contributed by atoms with Gasteiger partial charge in [-0.2, -0.15) is 0 Å². The van der Waals surface area contributed by atoms with E-state index in [4.69, 9.17) is 9.84 Å². The van der Waals surface area contributed by atoms with E-state index in [0.717, 1.165) is 4.90 Å². The molecule has 0 radical (unpaired) electrons. The van der Waals surface area contributed by atoms with Crippen LogP contribution in [0.1, 0.15) is 10.4 Å². The minimum atomic E-state index is -1.00. The zero-order valence-electron chi connectivity index (χ0n) is 9.66. The molecule has 4 nitrogen and oxygen atoms in total. The number of pyridine rings is 1. The summed E-state index contributed by atoms with van der Waals surface area (Å²) in [7, 11) is 0. The summed E-state index contributed by atoms with van der Waals surface area (Å²) in [6, 6.07) is 10.3. The molecule has 2 aromatic rings. The number of ether oxygens (including phenoxy) is 1. The molecule has 5 heteroatoms. The first kappa shape index (κ1) is 12.4. The molecule has 92 valence electrons. The number of carbonyl (C=O) groups is 1. The second-order valence-corrected chi connectivity index (χ2v) is 4.35. The molecule has 0 atom stereocenters. The highest BCUT2D eigenvalue weighted by molar-refractivity contribution is 7.98. The quantitative estimate of drug-likeness (QED) is 0.856.